The summed E-state index contributed by atoms with van der Waals surface area (Å²) < 4.78 is 35.1. The van der Waals surface area contributed by atoms with Crippen molar-refractivity contribution in [3.05, 3.63) is 53.7 Å². The third-order valence-electron chi connectivity index (χ3n) is 5.37. The maximum absolute atomic E-state index is 13.2. The lowest BCUT2D eigenvalue weighted by atomic mass is 10.1. The summed E-state index contributed by atoms with van der Waals surface area (Å²) in [6.07, 6.45) is -0.0713. The van der Waals surface area contributed by atoms with E-state index in [0.717, 1.165) is 5.56 Å². The van der Waals surface area contributed by atoms with Gasteiger partial charge in [-0.05, 0) is 36.8 Å². The summed E-state index contributed by atoms with van der Waals surface area (Å²) in [5.41, 5.74) is 1.53. The third kappa shape index (κ3) is 4.19. The highest BCUT2D eigenvalue weighted by Gasteiger charge is 2.36. The number of rotatable bonds is 7. The number of methoxy groups -OCH3 is 3. The molecule has 1 fully saturated rings. The number of aromatic nitrogens is 2. The molecule has 8 nitrogen and oxygen atoms in total. The SMILES string of the molecule is COc1ccc(CN2C[C@H](O)C[C@H]2c2nc(-c3ccc(F)cc3)no2)c(OC)c1OC. The Morgan fingerprint density at radius 3 is 2.48 bits per heavy atom. The average Bonchev–Trinajstić information content (AvgIpc) is 3.40. The maximum atomic E-state index is 13.2. The second-order valence-electron chi connectivity index (χ2n) is 7.29. The maximum Gasteiger partial charge on any atom is 0.244 e. The van der Waals surface area contributed by atoms with Crippen LogP contribution in [-0.2, 0) is 6.54 Å². The molecule has 3 aromatic rings. The quantitative estimate of drug-likeness (QED) is 0.612. The van der Waals surface area contributed by atoms with E-state index in [0.29, 0.717) is 54.0 Å². The summed E-state index contributed by atoms with van der Waals surface area (Å²) in [6, 6.07) is 9.34. The molecule has 1 aliphatic heterocycles. The van der Waals surface area contributed by atoms with Crippen molar-refractivity contribution in [1.29, 1.82) is 0 Å². The van der Waals surface area contributed by atoms with Gasteiger partial charge in [0.1, 0.15) is 5.82 Å². The first-order chi connectivity index (χ1) is 15.0. The topological polar surface area (TPSA) is 90.1 Å². The van der Waals surface area contributed by atoms with E-state index in [2.05, 4.69) is 15.0 Å². The summed E-state index contributed by atoms with van der Waals surface area (Å²) in [6.45, 7) is 0.913. The van der Waals surface area contributed by atoms with Crippen LogP contribution in [0.4, 0.5) is 4.39 Å². The largest absolute Gasteiger partial charge is 0.493 e. The molecule has 1 saturated heterocycles. The normalized spacial score (nSPS) is 18.9. The summed E-state index contributed by atoms with van der Waals surface area (Å²) in [7, 11) is 4.70. The van der Waals surface area contributed by atoms with Gasteiger partial charge in [0.05, 0.1) is 33.5 Å². The van der Waals surface area contributed by atoms with E-state index in [9.17, 15) is 9.50 Å². The van der Waals surface area contributed by atoms with E-state index >= 15 is 0 Å². The molecule has 164 valence electrons. The van der Waals surface area contributed by atoms with Gasteiger partial charge in [-0.15, -0.1) is 0 Å². The first kappa shape index (κ1) is 21.1. The Bertz CT molecular complexity index is 1040. The van der Waals surface area contributed by atoms with Crippen molar-refractivity contribution in [1.82, 2.24) is 15.0 Å². The van der Waals surface area contributed by atoms with Crippen LogP contribution < -0.4 is 14.2 Å². The summed E-state index contributed by atoms with van der Waals surface area (Å²) in [5.74, 6) is 2.09. The van der Waals surface area contributed by atoms with Crippen LogP contribution in [0.2, 0.25) is 0 Å². The first-order valence-corrected chi connectivity index (χ1v) is 9.83. The first-order valence-electron chi connectivity index (χ1n) is 9.83. The van der Waals surface area contributed by atoms with Gasteiger partial charge >= 0.3 is 0 Å². The van der Waals surface area contributed by atoms with Crippen LogP contribution >= 0.6 is 0 Å². The smallest absolute Gasteiger partial charge is 0.244 e. The van der Waals surface area contributed by atoms with Crippen molar-refractivity contribution in [2.24, 2.45) is 0 Å². The van der Waals surface area contributed by atoms with E-state index in [-0.39, 0.29) is 11.9 Å². The Balaban J connectivity index is 1.60. The number of halogens is 1. The lowest BCUT2D eigenvalue weighted by Gasteiger charge is -2.23. The minimum absolute atomic E-state index is 0.269. The van der Waals surface area contributed by atoms with Gasteiger partial charge in [0, 0.05) is 24.2 Å². The Hall–Kier alpha value is -3.17. The molecule has 1 aliphatic rings. The number of hydrogen-bond acceptors (Lipinski definition) is 8. The molecule has 0 radical (unpaired) electrons. The lowest BCUT2D eigenvalue weighted by molar-refractivity contribution is 0.168. The fraction of sp³-hybridized carbons (Fsp3) is 0.364. The standard InChI is InChI=1S/C22H24FN3O5/c1-28-18-9-6-14(19(29-2)20(18)30-3)11-26-12-16(27)10-17(26)22-24-21(25-31-22)13-4-7-15(23)8-5-13/h4-9,16-17,27H,10-12H2,1-3H3/t16-,17+/m1/s1. The number of β-amino-alcohol motifs (C(OH)–C–C–N with tert-alkyl or cyclic N) is 1. The zero-order valence-electron chi connectivity index (χ0n) is 17.5. The van der Waals surface area contributed by atoms with E-state index in [1.807, 2.05) is 12.1 Å². The Labute approximate surface area is 179 Å². The number of hydrogen-bond donors (Lipinski definition) is 1. The summed E-state index contributed by atoms with van der Waals surface area (Å²) in [4.78, 5) is 6.55. The Kier molecular flexibility index (Phi) is 6.06. The highest BCUT2D eigenvalue weighted by Crippen LogP contribution is 2.42. The molecule has 0 amide bonds. The monoisotopic (exact) mass is 429 g/mol. The Morgan fingerprint density at radius 2 is 1.81 bits per heavy atom. The molecule has 1 N–H and O–H groups in total. The molecule has 2 aromatic carbocycles. The molecule has 4 rings (SSSR count). The number of benzene rings is 2. The molecule has 31 heavy (non-hydrogen) atoms. The molecular formula is C22H24FN3O5. The fourth-order valence-electron chi connectivity index (χ4n) is 3.90. The van der Waals surface area contributed by atoms with Gasteiger partial charge in [0.15, 0.2) is 11.5 Å². The van der Waals surface area contributed by atoms with E-state index in [1.54, 1.807) is 33.5 Å². The van der Waals surface area contributed by atoms with Crippen molar-refractivity contribution < 1.29 is 28.2 Å². The van der Waals surface area contributed by atoms with Crippen molar-refractivity contribution in [2.45, 2.75) is 25.1 Å². The number of likely N-dealkylation sites (tertiary alicyclic amines) is 1. The second-order valence-corrected chi connectivity index (χ2v) is 7.29. The predicted molar refractivity (Wildman–Crippen MR) is 110 cm³/mol. The number of ether oxygens (including phenoxy) is 3. The molecule has 0 saturated carbocycles. The summed E-state index contributed by atoms with van der Waals surface area (Å²) >= 11 is 0. The van der Waals surface area contributed by atoms with Crippen molar-refractivity contribution >= 4 is 0 Å². The average molecular weight is 429 g/mol. The van der Waals surface area contributed by atoms with Crippen LogP contribution in [0.15, 0.2) is 40.9 Å². The van der Waals surface area contributed by atoms with Crippen molar-refractivity contribution in [2.75, 3.05) is 27.9 Å². The molecule has 9 heteroatoms. The van der Waals surface area contributed by atoms with E-state index in [1.165, 1.54) is 12.1 Å². The van der Waals surface area contributed by atoms with Crippen LogP contribution in [0.1, 0.15) is 23.9 Å². The number of nitrogens with zero attached hydrogens (tertiary/aromatic N) is 3. The zero-order valence-corrected chi connectivity index (χ0v) is 17.5. The molecule has 0 unspecified atom stereocenters. The molecule has 2 heterocycles. The highest BCUT2D eigenvalue weighted by molar-refractivity contribution is 5.56. The number of aliphatic hydroxyl groups is 1. The lowest BCUT2D eigenvalue weighted by Crippen LogP contribution is -2.25. The predicted octanol–water partition coefficient (Wildman–Crippen LogP) is 3.21. The van der Waals surface area contributed by atoms with Gasteiger partial charge in [0.2, 0.25) is 17.5 Å². The molecule has 0 spiro atoms. The van der Waals surface area contributed by atoms with Crippen LogP contribution in [0, 0.1) is 5.82 Å². The summed E-state index contributed by atoms with van der Waals surface area (Å²) in [5, 5.41) is 14.4. The number of aliphatic hydroxyl groups excluding tert-OH is 1. The van der Waals surface area contributed by atoms with Crippen LogP contribution in [0.25, 0.3) is 11.4 Å². The van der Waals surface area contributed by atoms with Crippen molar-refractivity contribution in [3.8, 4) is 28.6 Å². The highest BCUT2D eigenvalue weighted by atomic mass is 19.1. The fourth-order valence-corrected chi connectivity index (χ4v) is 3.90. The van der Waals surface area contributed by atoms with Crippen LogP contribution in [0.5, 0.6) is 17.2 Å². The molecule has 0 aliphatic carbocycles. The minimum Gasteiger partial charge on any atom is -0.493 e. The molecule has 0 bridgehead atoms. The minimum atomic E-state index is -0.530. The molecule has 2 atom stereocenters. The van der Waals surface area contributed by atoms with Gasteiger partial charge in [0.25, 0.3) is 0 Å². The van der Waals surface area contributed by atoms with Crippen LogP contribution in [-0.4, -0.2) is 54.1 Å². The van der Waals surface area contributed by atoms with Gasteiger partial charge in [-0.25, -0.2) is 4.39 Å². The van der Waals surface area contributed by atoms with Crippen LogP contribution in [0.3, 0.4) is 0 Å². The second kappa shape index (κ2) is 8.91. The van der Waals surface area contributed by atoms with Gasteiger partial charge in [-0.1, -0.05) is 11.2 Å². The van der Waals surface area contributed by atoms with Gasteiger partial charge < -0.3 is 23.8 Å². The van der Waals surface area contributed by atoms with Crippen molar-refractivity contribution in [3.63, 3.8) is 0 Å². The van der Waals surface area contributed by atoms with E-state index < -0.39 is 6.10 Å². The third-order valence-corrected chi connectivity index (χ3v) is 5.37. The molecular weight excluding hydrogens is 405 g/mol. The van der Waals surface area contributed by atoms with Gasteiger partial charge in [-0.2, -0.15) is 4.98 Å². The van der Waals surface area contributed by atoms with Gasteiger partial charge in [-0.3, -0.25) is 4.90 Å². The van der Waals surface area contributed by atoms with E-state index in [4.69, 9.17) is 18.7 Å². The Morgan fingerprint density at radius 1 is 1.06 bits per heavy atom. The molecule has 1 aromatic heterocycles. The zero-order chi connectivity index (χ0) is 22.0.